The van der Waals surface area contributed by atoms with E-state index in [-0.39, 0.29) is 6.42 Å². The zero-order chi connectivity index (χ0) is 12.3. The lowest BCUT2D eigenvalue weighted by Gasteiger charge is -2.23. The molecule has 0 aliphatic heterocycles. The van der Waals surface area contributed by atoms with E-state index in [0.717, 1.165) is 0 Å². The van der Waals surface area contributed by atoms with Crippen LogP contribution in [0.25, 0.3) is 0 Å². The predicted octanol–water partition coefficient (Wildman–Crippen LogP) is 1.13. The highest BCUT2D eigenvalue weighted by atomic mass is 19.3. The van der Waals surface area contributed by atoms with Gasteiger partial charge in [-0.15, -0.1) is 0 Å². The van der Waals surface area contributed by atoms with Crippen LogP contribution in [0.2, 0.25) is 0 Å². The molecule has 7 heteroatoms. The van der Waals surface area contributed by atoms with Gasteiger partial charge in [0.15, 0.2) is 0 Å². The highest BCUT2D eigenvalue weighted by Crippen LogP contribution is 2.21. The molecule has 0 rings (SSSR count). The summed E-state index contributed by atoms with van der Waals surface area (Å²) >= 11 is 0. The average Bonchev–Trinajstić information content (AvgIpc) is 2.13. The van der Waals surface area contributed by atoms with Crippen LogP contribution in [0, 0.1) is 0 Å². The van der Waals surface area contributed by atoms with Crippen molar-refractivity contribution in [1.82, 2.24) is 5.32 Å². The van der Waals surface area contributed by atoms with Crippen LogP contribution in [0.5, 0.6) is 0 Å². The van der Waals surface area contributed by atoms with Gasteiger partial charge in [0.25, 0.3) is 0 Å². The van der Waals surface area contributed by atoms with Gasteiger partial charge in [0.2, 0.25) is 5.91 Å². The zero-order valence-corrected chi connectivity index (χ0v) is 8.49. The van der Waals surface area contributed by atoms with E-state index in [9.17, 15) is 22.4 Å². The third-order valence-corrected chi connectivity index (χ3v) is 2.06. The van der Waals surface area contributed by atoms with Crippen molar-refractivity contribution < 1.29 is 22.4 Å². The number of carbonyl (C=O) groups is 1. The average molecular weight is 230 g/mol. The predicted molar refractivity (Wildman–Crippen MR) is 46.8 cm³/mol. The summed E-state index contributed by atoms with van der Waals surface area (Å²) < 4.78 is 48.2. The summed E-state index contributed by atoms with van der Waals surface area (Å²) in [5.74, 6) is -5.09. The normalized spacial score (nSPS) is 16.3. The Labute approximate surface area is 85.0 Å². The molecule has 0 aromatic heterocycles. The van der Waals surface area contributed by atoms with Gasteiger partial charge < -0.3 is 11.1 Å². The Bertz CT molecular complexity index is 231. The fraction of sp³-hybridized carbons (Fsp3) is 0.875. The maximum absolute atomic E-state index is 12.4. The topological polar surface area (TPSA) is 55.1 Å². The second kappa shape index (κ2) is 4.78. The molecule has 15 heavy (non-hydrogen) atoms. The fourth-order valence-electron chi connectivity index (χ4n) is 0.638. The molecule has 90 valence electrons. The first-order valence-electron chi connectivity index (χ1n) is 4.36. The second-order valence-corrected chi connectivity index (χ2v) is 3.52. The first kappa shape index (κ1) is 14.2. The van der Waals surface area contributed by atoms with Crippen LogP contribution in [-0.2, 0) is 4.79 Å². The van der Waals surface area contributed by atoms with Gasteiger partial charge in [-0.25, -0.2) is 8.78 Å². The van der Waals surface area contributed by atoms with Crippen LogP contribution in [0.4, 0.5) is 17.6 Å². The summed E-state index contributed by atoms with van der Waals surface area (Å²) in [6.45, 7) is 1.52. The van der Waals surface area contributed by atoms with Gasteiger partial charge in [0.1, 0.15) is 0 Å². The molecular weight excluding hydrogens is 216 g/mol. The van der Waals surface area contributed by atoms with Crippen molar-refractivity contribution in [2.75, 3.05) is 6.54 Å². The second-order valence-electron chi connectivity index (χ2n) is 3.52. The molecule has 0 saturated heterocycles. The van der Waals surface area contributed by atoms with E-state index in [1.54, 1.807) is 12.2 Å². The molecular formula is C8H14F4N2O. The van der Waals surface area contributed by atoms with Gasteiger partial charge in [-0.1, -0.05) is 6.92 Å². The fourth-order valence-corrected chi connectivity index (χ4v) is 0.638. The molecule has 1 atom stereocenters. The molecule has 0 aliphatic rings. The highest BCUT2D eigenvalue weighted by molar-refractivity contribution is 5.85. The Morgan fingerprint density at radius 3 is 2.27 bits per heavy atom. The molecule has 0 aromatic carbocycles. The molecule has 3 N–H and O–H groups in total. The molecule has 0 saturated carbocycles. The summed E-state index contributed by atoms with van der Waals surface area (Å²) in [7, 11) is 0. The van der Waals surface area contributed by atoms with Crippen LogP contribution in [0.1, 0.15) is 20.3 Å². The molecule has 1 amide bonds. The van der Waals surface area contributed by atoms with Crippen molar-refractivity contribution >= 4 is 5.91 Å². The first-order chi connectivity index (χ1) is 6.63. The largest absolute Gasteiger partial charge is 0.348 e. The van der Waals surface area contributed by atoms with E-state index in [4.69, 9.17) is 5.73 Å². The number of hydrogen-bond acceptors (Lipinski definition) is 2. The Balaban J connectivity index is 4.24. The third-order valence-electron chi connectivity index (χ3n) is 2.06. The molecule has 0 heterocycles. The Morgan fingerprint density at radius 2 is 1.93 bits per heavy atom. The van der Waals surface area contributed by atoms with E-state index >= 15 is 0 Å². The Hall–Kier alpha value is -0.850. The number of hydrogen-bond donors (Lipinski definition) is 2. The lowest BCUT2D eigenvalue weighted by atomic mass is 9.99. The van der Waals surface area contributed by atoms with Crippen molar-refractivity contribution in [1.29, 1.82) is 0 Å². The molecule has 0 aliphatic carbocycles. The van der Waals surface area contributed by atoms with Crippen molar-refractivity contribution in [2.45, 2.75) is 38.2 Å². The molecule has 0 radical (unpaired) electrons. The Morgan fingerprint density at radius 1 is 1.47 bits per heavy atom. The maximum Gasteiger partial charge on any atom is 0.324 e. The van der Waals surface area contributed by atoms with E-state index in [1.165, 1.54) is 6.92 Å². The number of nitrogens with two attached hydrogens (primary N) is 1. The van der Waals surface area contributed by atoms with Crippen molar-refractivity contribution in [2.24, 2.45) is 5.73 Å². The number of rotatable bonds is 5. The highest BCUT2D eigenvalue weighted by Gasteiger charge is 2.41. The Kier molecular flexibility index (Phi) is 4.51. The number of carbonyl (C=O) groups excluding carboxylic acids is 1. The third kappa shape index (κ3) is 4.03. The van der Waals surface area contributed by atoms with Crippen LogP contribution >= 0.6 is 0 Å². The van der Waals surface area contributed by atoms with E-state index in [0.29, 0.717) is 0 Å². The maximum atomic E-state index is 12.4. The lowest BCUT2D eigenvalue weighted by molar-refractivity contribution is -0.139. The number of nitrogens with one attached hydrogen (secondary N) is 1. The van der Waals surface area contributed by atoms with Crippen molar-refractivity contribution in [3.8, 4) is 0 Å². The SMILES string of the molecule is CCC(C)(N)C(=O)NCC(F)(F)C(F)F. The zero-order valence-electron chi connectivity index (χ0n) is 8.49. The van der Waals surface area contributed by atoms with E-state index in [2.05, 4.69) is 0 Å². The van der Waals surface area contributed by atoms with Gasteiger partial charge >= 0.3 is 12.3 Å². The monoisotopic (exact) mass is 230 g/mol. The quantitative estimate of drug-likeness (QED) is 0.695. The minimum absolute atomic E-state index is 0.221. The summed E-state index contributed by atoms with van der Waals surface area (Å²) in [6.07, 6.45) is -3.58. The van der Waals surface area contributed by atoms with Crippen LogP contribution in [-0.4, -0.2) is 30.3 Å². The van der Waals surface area contributed by atoms with E-state index in [1.807, 2.05) is 0 Å². The number of halogens is 4. The summed E-state index contributed by atoms with van der Waals surface area (Å²) in [5, 5.41) is 1.70. The smallest absolute Gasteiger partial charge is 0.324 e. The molecule has 0 bridgehead atoms. The number of alkyl halides is 4. The van der Waals surface area contributed by atoms with Gasteiger partial charge in [-0.2, -0.15) is 8.78 Å². The molecule has 1 unspecified atom stereocenters. The summed E-state index contributed by atoms with van der Waals surface area (Å²) in [5.41, 5.74) is 4.10. The first-order valence-corrected chi connectivity index (χ1v) is 4.36. The summed E-state index contributed by atoms with van der Waals surface area (Å²) in [6, 6.07) is 0. The van der Waals surface area contributed by atoms with Crippen molar-refractivity contribution in [3.63, 3.8) is 0 Å². The molecule has 0 fully saturated rings. The van der Waals surface area contributed by atoms with Crippen LogP contribution < -0.4 is 11.1 Å². The van der Waals surface area contributed by atoms with Gasteiger partial charge in [-0.05, 0) is 13.3 Å². The van der Waals surface area contributed by atoms with E-state index < -0.39 is 30.3 Å². The molecule has 3 nitrogen and oxygen atoms in total. The van der Waals surface area contributed by atoms with Crippen LogP contribution in [0.15, 0.2) is 0 Å². The minimum atomic E-state index is -4.22. The standard InChI is InChI=1S/C8H14F4N2O/c1-3-7(2,13)6(15)14-4-8(11,12)5(9)10/h5H,3-4,13H2,1-2H3,(H,14,15). The molecule has 0 aromatic rings. The number of amides is 1. The minimum Gasteiger partial charge on any atom is -0.348 e. The van der Waals surface area contributed by atoms with Gasteiger partial charge in [0, 0.05) is 0 Å². The molecule has 0 spiro atoms. The van der Waals surface area contributed by atoms with Gasteiger partial charge in [0.05, 0.1) is 12.1 Å². The summed E-state index contributed by atoms with van der Waals surface area (Å²) in [4.78, 5) is 11.2. The van der Waals surface area contributed by atoms with Crippen molar-refractivity contribution in [3.05, 3.63) is 0 Å². The lowest BCUT2D eigenvalue weighted by Crippen LogP contribution is -2.54. The van der Waals surface area contributed by atoms with Gasteiger partial charge in [-0.3, -0.25) is 4.79 Å². The van der Waals surface area contributed by atoms with Crippen LogP contribution in [0.3, 0.4) is 0 Å².